The number of rotatable bonds is 23. The van der Waals surface area contributed by atoms with Crippen LogP contribution in [-0.2, 0) is 44.8 Å². The van der Waals surface area contributed by atoms with Crippen LogP contribution in [0.15, 0.2) is 85.2 Å². The van der Waals surface area contributed by atoms with E-state index in [2.05, 4.69) is 67.5 Å². The van der Waals surface area contributed by atoms with Crippen molar-refractivity contribution >= 4 is 72.6 Å². The Hall–Kier alpha value is -5.99. The number of carboxylic acids is 2. The van der Waals surface area contributed by atoms with Gasteiger partial charge in [0.1, 0.15) is 30.2 Å². The maximum absolute atomic E-state index is 14.4. The van der Waals surface area contributed by atoms with Gasteiger partial charge in [0.2, 0.25) is 35.4 Å². The lowest BCUT2D eigenvalue weighted by Gasteiger charge is -2.31. The lowest BCUT2D eigenvalue weighted by atomic mass is 9.84. The quantitative estimate of drug-likeness (QED) is 0.0542. The van der Waals surface area contributed by atoms with Gasteiger partial charge in [-0.3, -0.25) is 38.5 Å². The van der Waals surface area contributed by atoms with Gasteiger partial charge in [-0.15, -0.1) is 0 Å². The number of nitrogens with zero attached hydrogens (tertiary/aromatic N) is 1. The first kappa shape index (κ1) is 47.7. The van der Waals surface area contributed by atoms with E-state index in [1.807, 2.05) is 0 Å². The largest absolute Gasteiger partial charge is 0.481 e. The zero-order valence-electron chi connectivity index (χ0n) is 33.0. The Bertz CT molecular complexity index is 1940. The highest BCUT2D eigenvalue weighted by molar-refractivity contribution is 7.80. The van der Waals surface area contributed by atoms with Crippen LogP contribution in [0.2, 0.25) is 0 Å². The molecule has 1 aliphatic heterocycles. The van der Waals surface area contributed by atoms with Gasteiger partial charge >= 0.3 is 11.9 Å². The first-order chi connectivity index (χ1) is 29.3. The molecule has 0 unspecified atom stereocenters. The van der Waals surface area contributed by atoms with Crippen molar-refractivity contribution in [2.75, 3.05) is 24.6 Å². The van der Waals surface area contributed by atoms with Crippen LogP contribution in [0.25, 0.3) is 0 Å². The molecule has 6 amide bonds. The summed E-state index contributed by atoms with van der Waals surface area (Å²) < 4.78 is 0. The van der Waals surface area contributed by atoms with E-state index in [4.69, 9.17) is 5.11 Å². The molecule has 4 rings (SSSR count). The molecule has 1 saturated heterocycles. The summed E-state index contributed by atoms with van der Waals surface area (Å²) in [5, 5.41) is 36.7. The van der Waals surface area contributed by atoms with Crippen LogP contribution in [0.3, 0.4) is 0 Å². The molecule has 0 aliphatic carbocycles. The van der Waals surface area contributed by atoms with Crippen LogP contribution in [0.4, 0.5) is 0 Å². The number of aromatic nitrogens is 1. The van der Waals surface area contributed by atoms with Crippen molar-refractivity contribution in [1.29, 1.82) is 0 Å². The van der Waals surface area contributed by atoms with Crippen LogP contribution in [0.5, 0.6) is 0 Å². The second kappa shape index (κ2) is 24.3. The molecular weight excluding hydrogens is 829 g/mol. The number of aliphatic carboxylic acids is 2. The van der Waals surface area contributed by atoms with E-state index < -0.39 is 103 Å². The minimum Gasteiger partial charge on any atom is -0.481 e. The molecule has 61 heavy (non-hydrogen) atoms. The molecule has 1 fully saturated rings. The number of thiol groups is 2. The van der Waals surface area contributed by atoms with Crippen LogP contribution in [0.1, 0.15) is 48.3 Å². The van der Waals surface area contributed by atoms with Gasteiger partial charge in [-0.2, -0.15) is 25.3 Å². The summed E-state index contributed by atoms with van der Waals surface area (Å²) in [4.78, 5) is 108. The van der Waals surface area contributed by atoms with Crippen LogP contribution >= 0.6 is 25.3 Å². The zero-order valence-corrected chi connectivity index (χ0v) is 34.8. The molecule has 0 radical (unpaired) electrons. The van der Waals surface area contributed by atoms with Crippen LogP contribution in [-0.4, -0.2) is 123 Å². The van der Waals surface area contributed by atoms with Gasteiger partial charge in [-0.05, 0) is 48.6 Å². The Morgan fingerprint density at radius 2 is 1.31 bits per heavy atom. The van der Waals surface area contributed by atoms with Crippen LogP contribution in [0, 0.1) is 0 Å². The highest BCUT2D eigenvalue weighted by atomic mass is 32.1. The number of carboxylic acid groups (broad SMARTS) is 2. The Morgan fingerprint density at radius 3 is 1.85 bits per heavy atom. The number of pyridine rings is 1. The van der Waals surface area contributed by atoms with E-state index in [1.165, 1.54) is 0 Å². The van der Waals surface area contributed by atoms with E-state index in [1.54, 1.807) is 85.2 Å². The fourth-order valence-electron chi connectivity index (χ4n) is 6.58. The molecule has 18 nitrogen and oxygen atoms in total. The predicted octanol–water partition coefficient (Wildman–Crippen LogP) is -0.443. The number of carbonyl (C=O) groups excluding carboxylic acids is 6. The number of hydrogen-bond acceptors (Lipinski definition) is 12. The summed E-state index contributed by atoms with van der Waals surface area (Å²) in [6, 6.07) is 13.8. The first-order valence-corrected chi connectivity index (χ1v) is 20.7. The maximum Gasteiger partial charge on any atom is 0.326 e. The molecule has 6 atom stereocenters. The topological polar surface area (TPSA) is 274 Å². The molecule has 2 aromatic carbocycles. The van der Waals surface area contributed by atoms with Gasteiger partial charge in [0.25, 0.3) is 0 Å². The lowest BCUT2D eigenvalue weighted by molar-refractivity contribution is -0.143. The fourth-order valence-corrected chi connectivity index (χ4v) is 7.09. The molecule has 3 aromatic rings. The molecule has 1 aliphatic rings. The number of hydrogen-bond donors (Lipinski definition) is 11. The Morgan fingerprint density at radius 1 is 0.705 bits per heavy atom. The molecule has 0 spiro atoms. The summed E-state index contributed by atoms with van der Waals surface area (Å²) in [5.41, 5.74) is 1.88. The van der Waals surface area contributed by atoms with Gasteiger partial charge in [0.15, 0.2) is 0 Å². The lowest BCUT2D eigenvalue weighted by Crippen LogP contribution is -2.61. The van der Waals surface area contributed by atoms with E-state index in [0.29, 0.717) is 29.7 Å². The van der Waals surface area contributed by atoms with Crippen molar-refractivity contribution in [2.24, 2.45) is 0 Å². The Labute approximate surface area is 363 Å². The molecule has 1 aromatic heterocycles. The molecule has 20 heteroatoms. The van der Waals surface area contributed by atoms with Crippen molar-refractivity contribution in [1.82, 2.24) is 42.2 Å². The minimum absolute atomic E-state index is 0.0634. The third-order valence-electron chi connectivity index (χ3n) is 9.74. The van der Waals surface area contributed by atoms with Crippen molar-refractivity contribution in [2.45, 2.75) is 74.3 Å². The fraction of sp³-hybridized carbons (Fsp3) is 0.390. The average Bonchev–Trinajstić information content (AvgIpc) is 3.81. The van der Waals surface area contributed by atoms with Crippen LogP contribution < -0.4 is 37.2 Å². The molecule has 0 saturated carbocycles. The van der Waals surface area contributed by atoms with Gasteiger partial charge in [0.05, 0.1) is 12.6 Å². The summed E-state index contributed by atoms with van der Waals surface area (Å²) in [7, 11) is 0. The summed E-state index contributed by atoms with van der Waals surface area (Å²) in [6.07, 6.45) is 3.67. The highest BCUT2D eigenvalue weighted by Gasteiger charge is 2.37. The smallest absolute Gasteiger partial charge is 0.326 e. The van der Waals surface area contributed by atoms with Crippen molar-refractivity contribution in [3.8, 4) is 0 Å². The molecular formula is C41H50N8O10S2. The normalized spacial score (nSPS) is 15.8. The van der Waals surface area contributed by atoms with Gasteiger partial charge in [0, 0.05) is 42.7 Å². The van der Waals surface area contributed by atoms with Crippen molar-refractivity contribution in [3.05, 3.63) is 102 Å². The number of nitrogens with one attached hydrogen (secondary N) is 7. The third-order valence-corrected chi connectivity index (χ3v) is 10.5. The van der Waals surface area contributed by atoms with Gasteiger partial charge < -0.3 is 47.4 Å². The second-order valence-electron chi connectivity index (χ2n) is 14.2. The molecule has 9 N–H and O–H groups in total. The number of carbonyl (C=O) groups is 8. The van der Waals surface area contributed by atoms with Crippen molar-refractivity contribution < 1.29 is 48.6 Å². The Balaban J connectivity index is 1.57. The van der Waals surface area contributed by atoms with Gasteiger partial charge in [-0.25, -0.2) is 4.79 Å². The van der Waals surface area contributed by atoms with E-state index in [0.717, 1.165) is 6.42 Å². The van der Waals surface area contributed by atoms with E-state index in [-0.39, 0.29) is 23.8 Å². The maximum atomic E-state index is 14.4. The van der Waals surface area contributed by atoms with Gasteiger partial charge in [-0.1, -0.05) is 66.7 Å². The second-order valence-corrected chi connectivity index (χ2v) is 14.9. The first-order valence-electron chi connectivity index (χ1n) is 19.5. The molecule has 0 bridgehead atoms. The Kier molecular flexibility index (Phi) is 19.0. The zero-order chi connectivity index (χ0) is 44.3. The highest BCUT2D eigenvalue weighted by Crippen LogP contribution is 2.29. The average molecular weight is 879 g/mol. The SMILES string of the molecule is O=C(O)CC[C@H](NC(=O)CNC(=O)[C@@H](CS)NC(=O)[C@@H](NC(=O)[C@@H](CS)NC(=O)[C@@H](Cc1cccnc1)NC(=O)[C@@H]1CCCN1)C(c1ccccc1)c1ccccc1)C(=O)O. The number of amides is 6. The number of benzene rings is 2. The van der Waals surface area contributed by atoms with E-state index >= 15 is 0 Å². The molecule has 2 heterocycles. The minimum atomic E-state index is -1.52. The van der Waals surface area contributed by atoms with E-state index in [9.17, 15) is 43.5 Å². The predicted molar refractivity (Wildman–Crippen MR) is 229 cm³/mol. The summed E-state index contributed by atoms with van der Waals surface area (Å²) in [5.74, 6) is -8.54. The van der Waals surface area contributed by atoms with Crippen molar-refractivity contribution in [3.63, 3.8) is 0 Å². The third kappa shape index (κ3) is 14.9. The standard InChI is InChI=1S/C41H50N8O10S2/c50-32(45-28(41(58)59)15-16-33(51)52)21-44-36(53)30(22-60)48-40(57)35(34(25-10-3-1-4-11-25)26-12-5-2-6-13-26)49-39(56)31(23-61)47-38(55)29(19-24-9-7-17-42-20-24)46-37(54)27-14-8-18-43-27/h1-7,9-13,17,20,27-31,34-35,43,60-61H,8,14-16,18-19,21-23H2,(H,44,53)(H,45,50)(H,46,54)(H,47,55)(H,48,57)(H,49,56)(H,51,52)(H,58,59)/t27-,28-,29+,30+,31+,35-/m0/s1. The summed E-state index contributed by atoms with van der Waals surface area (Å²) >= 11 is 8.59. The monoisotopic (exact) mass is 878 g/mol. The summed E-state index contributed by atoms with van der Waals surface area (Å²) in [6.45, 7) is -0.0559. The molecule has 326 valence electrons.